The summed E-state index contributed by atoms with van der Waals surface area (Å²) in [6, 6.07) is 0. The van der Waals surface area contributed by atoms with Crippen molar-refractivity contribution in [3.05, 3.63) is 0 Å². The van der Waals surface area contributed by atoms with E-state index in [4.69, 9.17) is 4.74 Å². The standard InChI is InChI=1S/C9H17IO/c1-3-9(4-2)5-8(6-10)11-7-9/h8H,3-7H2,1-2H3. The van der Waals surface area contributed by atoms with Gasteiger partial charge in [0, 0.05) is 4.43 Å². The molecule has 0 aliphatic carbocycles. The van der Waals surface area contributed by atoms with Crippen LogP contribution in [0.15, 0.2) is 0 Å². The Balaban J connectivity index is 2.48. The van der Waals surface area contributed by atoms with Crippen molar-refractivity contribution in [1.29, 1.82) is 0 Å². The average Bonchev–Trinajstić information content (AvgIpc) is 2.49. The van der Waals surface area contributed by atoms with Gasteiger partial charge in [0.25, 0.3) is 0 Å². The Hall–Kier alpha value is 0.690. The minimum Gasteiger partial charge on any atom is -0.377 e. The first-order chi connectivity index (χ1) is 5.26. The molecule has 66 valence electrons. The fourth-order valence-electron chi connectivity index (χ4n) is 1.74. The Morgan fingerprint density at radius 2 is 2.09 bits per heavy atom. The molecule has 1 atom stereocenters. The Morgan fingerprint density at radius 1 is 1.45 bits per heavy atom. The quantitative estimate of drug-likeness (QED) is 0.564. The summed E-state index contributed by atoms with van der Waals surface area (Å²) in [5, 5.41) is 0. The summed E-state index contributed by atoms with van der Waals surface area (Å²) in [5.41, 5.74) is 0.524. The van der Waals surface area contributed by atoms with Gasteiger partial charge in [0.15, 0.2) is 0 Å². The molecule has 1 heterocycles. The first kappa shape index (κ1) is 9.78. The molecule has 1 fully saturated rings. The number of hydrogen-bond donors (Lipinski definition) is 0. The first-order valence-electron chi connectivity index (χ1n) is 4.44. The molecule has 1 unspecified atom stereocenters. The van der Waals surface area contributed by atoms with E-state index in [1.165, 1.54) is 19.3 Å². The van der Waals surface area contributed by atoms with Gasteiger partial charge >= 0.3 is 0 Å². The molecule has 0 aromatic carbocycles. The van der Waals surface area contributed by atoms with Crippen LogP contribution in [-0.2, 0) is 4.74 Å². The highest BCUT2D eigenvalue weighted by Gasteiger charge is 2.36. The zero-order valence-corrected chi connectivity index (χ0v) is 9.56. The van der Waals surface area contributed by atoms with Crippen LogP contribution in [0.3, 0.4) is 0 Å². The predicted octanol–water partition coefficient (Wildman–Crippen LogP) is 3.02. The average molecular weight is 268 g/mol. The van der Waals surface area contributed by atoms with E-state index in [1.54, 1.807) is 0 Å². The molecule has 1 aliphatic rings. The Labute approximate surface area is 83.0 Å². The Bertz CT molecular complexity index is 121. The van der Waals surface area contributed by atoms with Crippen LogP contribution in [0.1, 0.15) is 33.1 Å². The minimum atomic E-state index is 0.524. The van der Waals surface area contributed by atoms with E-state index in [9.17, 15) is 0 Å². The lowest BCUT2D eigenvalue weighted by molar-refractivity contribution is 0.107. The zero-order valence-electron chi connectivity index (χ0n) is 7.40. The van der Waals surface area contributed by atoms with Crippen molar-refractivity contribution < 1.29 is 4.74 Å². The third-order valence-electron chi connectivity index (χ3n) is 2.96. The number of rotatable bonds is 3. The molecular weight excluding hydrogens is 251 g/mol. The van der Waals surface area contributed by atoms with Crippen molar-refractivity contribution in [3.63, 3.8) is 0 Å². The van der Waals surface area contributed by atoms with Crippen LogP contribution >= 0.6 is 22.6 Å². The molecule has 0 radical (unpaired) electrons. The van der Waals surface area contributed by atoms with Gasteiger partial charge in [-0.25, -0.2) is 0 Å². The van der Waals surface area contributed by atoms with E-state index in [0.717, 1.165) is 11.0 Å². The highest BCUT2D eigenvalue weighted by atomic mass is 127. The van der Waals surface area contributed by atoms with E-state index >= 15 is 0 Å². The van der Waals surface area contributed by atoms with Crippen LogP contribution in [-0.4, -0.2) is 17.1 Å². The molecule has 1 nitrogen and oxygen atoms in total. The van der Waals surface area contributed by atoms with Gasteiger partial charge in [-0.05, 0) is 24.7 Å². The summed E-state index contributed by atoms with van der Waals surface area (Å²) in [7, 11) is 0. The third kappa shape index (κ3) is 2.08. The highest BCUT2D eigenvalue weighted by Crippen LogP contribution is 2.39. The van der Waals surface area contributed by atoms with Gasteiger partial charge in [-0.1, -0.05) is 36.4 Å². The van der Waals surface area contributed by atoms with Crippen molar-refractivity contribution >= 4 is 22.6 Å². The molecule has 2 heteroatoms. The lowest BCUT2D eigenvalue weighted by Crippen LogP contribution is -2.18. The number of halogens is 1. The largest absolute Gasteiger partial charge is 0.377 e. The van der Waals surface area contributed by atoms with E-state index in [2.05, 4.69) is 36.4 Å². The predicted molar refractivity (Wildman–Crippen MR) is 56.3 cm³/mol. The highest BCUT2D eigenvalue weighted by molar-refractivity contribution is 14.1. The third-order valence-corrected chi connectivity index (χ3v) is 3.94. The van der Waals surface area contributed by atoms with Gasteiger partial charge < -0.3 is 4.74 Å². The molecule has 0 aromatic heterocycles. The van der Waals surface area contributed by atoms with Gasteiger partial charge in [-0.15, -0.1) is 0 Å². The fraction of sp³-hybridized carbons (Fsp3) is 1.00. The molecule has 0 spiro atoms. The molecule has 0 aromatic rings. The number of hydrogen-bond acceptors (Lipinski definition) is 1. The second kappa shape index (κ2) is 4.08. The van der Waals surface area contributed by atoms with Crippen LogP contribution in [0.4, 0.5) is 0 Å². The summed E-state index contributed by atoms with van der Waals surface area (Å²) in [5.74, 6) is 0. The van der Waals surface area contributed by atoms with Crippen molar-refractivity contribution in [3.8, 4) is 0 Å². The molecule has 0 N–H and O–H groups in total. The molecule has 11 heavy (non-hydrogen) atoms. The maximum atomic E-state index is 5.69. The van der Waals surface area contributed by atoms with E-state index in [-0.39, 0.29) is 0 Å². The zero-order chi connectivity index (χ0) is 8.32. The second-order valence-corrected chi connectivity index (χ2v) is 4.38. The summed E-state index contributed by atoms with van der Waals surface area (Å²) < 4.78 is 6.84. The van der Waals surface area contributed by atoms with Gasteiger partial charge in [0.1, 0.15) is 0 Å². The smallest absolute Gasteiger partial charge is 0.0670 e. The van der Waals surface area contributed by atoms with Crippen LogP contribution < -0.4 is 0 Å². The van der Waals surface area contributed by atoms with E-state index < -0.39 is 0 Å². The van der Waals surface area contributed by atoms with Gasteiger partial charge in [-0.3, -0.25) is 0 Å². The van der Waals surface area contributed by atoms with Crippen molar-refractivity contribution in [2.45, 2.75) is 39.2 Å². The number of alkyl halides is 1. The lowest BCUT2D eigenvalue weighted by Gasteiger charge is -2.23. The second-order valence-electron chi connectivity index (χ2n) is 3.50. The van der Waals surface area contributed by atoms with Gasteiger partial charge in [0.2, 0.25) is 0 Å². The lowest BCUT2D eigenvalue weighted by atomic mass is 9.81. The molecule has 0 bridgehead atoms. The normalized spacial score (nSPS) is 29.2. The molecule has 1 aliphatic heterocycles. The molecule has 1 rings (SSSR count). The minimum absolute atomic E-state index is 0.524. The first-order valence-corrected chi connectivity index (χ1v) is 5.96. The van der Waals surface area contributed by atoms with E-state index in [0.29, 0.717) is 11.5 Å². The monoisotopic (exact) mass is 268 g/mol. The summed E-state index contributed by atoms with van der Waals surface area (Å²) in [6.07, 6.45) is 4.37. The summed E-state index contributed by atoms with van der Waals surface area (Å²) in [6.45, 7) is 5.55. The van der Waals surface area contributed by atoms with Crippen LogP contribution in [0.25, 0.3) is 0 Å². The molecule has 1 saturated heterocycles. The van der Waals surface area contributed by atoms with Crippen molar-refractivity contribution in [2.75, 3.05) is 11.0 Å². The van der Waals surface area contributed by atoms with Crippen LogP contribution in [0, 0.1) is 5.41 Å². The summed E-state index contributed by atoms with van der Waals surface area (Å²) in [4.78, 5) is 0. The maximum Gasteiger partial charge on any atom is 0.0670 e. The van der Waals surface area contributed by atoms with Crippen molar-refractivity contribution in [2.24, 2.45) is 5.41 Å². The van der Waals surface area contributed by atoms with Crippen LogP contribution in [0.2, 0.25) is 0 Å². The molecular formula is C9H17IO. The molecule has 0 amide bonds. The van der Waals surface area contributed by atoms with Crippen LogP contribution in [0.5, 0.6) is 0 Å². The SMILES string of the molecule is CCC1(CC)COC(CI)C1. The maximum absolute atomic E-state index is 5.69. The Morgan fingerprint density at radius 3 is 2.36 bits per heavy atom. The summed E-state index contributed by atoms with van der Waals surface area (Å²) >= 11 is 2.41. The topological polar surface area (TPSA) is 9.23 Å². The Kier molecular flexibility index (Phi) is 3.62. The fourth-order valence-corrected chi connectivity index (χ4v) is 2.30. The van der Waals surface area contributed by atoms with Gasteiger partial charge in [0.05, 0.1) is 12.7 Å². The molecule has 0 saturated carbocycles. The van der Waals surface area contributed by atoms with Gasteiger partial charge in [-0.2, -0.15) is 0 Å². The number of ether oxygens (including phenoxy) is 1. The van der Waals surface area contributed by atoms with Crippen molar-refractivity contribution in [1.82, 2.24) is 0 Å². The van der Waals surface area contributed by atoms with E-state index in [1.807, 2.05) is 0 Å².